The summed E-state index contributed by atoms with van der Waals surface area (Å²) in [6, 6.07) is 11.6. The number of nitrogens with one attached hydrogen (secondary N) is 1. The van der Waals surface area contributed by atoms with Crippen LogP contribution >= 0.6 is 0 Å². The van der Waals surface area contributed by atoms with Crippen LogP contribution in [0.1, 0.15) is 27.3 Å². The molecule has 4 rings (SSSR count). The Morgan fingerprint density at radius 1 is 1.19 bits per heavy atom. The maximum absolute atomic E-state index is 12.6. The van der Waals surface area contributed by atoms with Gasteiger partial charge in [0.05, 0.1) is 18.4 Å². The highest BCUT2D eigenvalue weighted by atomic mass is 16.1. The summed E-state index contributed by atoms with van der Waals surface area (Å²) >= 11 is 0. The fourth-order valence-corrected chi connectivity index (χ4v) is 2.94. The van der Waals surface area contributed by atoms with Gasteiger partial charge in [-0.3, -0.25) is 9.48 Å². The average Bonchev–Trinajstić information content (AvgIpc) is 3.18. The Kier molecular flexibility index (Phi) is 3.96. The molecule has 0 aliphatic heterocycles. The van der Waals surface area contributed by atoms with Crippen LogP contribution in [0.15, 0.2) is 55.0 Å². The van der Waals surface area contributed by atoms with Crippen LogP contribution in [-0.4, -0.2) is 30.3 Å². The van der Waals surface area contributed by atoms with E-state index >= 15 is 0 Å². The van der Waals surface area contributed by atoms with Gasteiger partial charge < -0.3 is 5.32 Å². The number of amides is 1. The van der Waals surface area contributed by atoms with Crippen molar-refractivity contribution in [3.63, 3.8) is 0 Å². The van der Waals surface area contributed by atoms with E-state index < -0.39 is 0 Å². The van der Waals surface area contributed by atoms with Crippen molar-refractivity contribution < 1.29 is 4.79 Å². The Hall–Kier alpha value is -3.48. The van der Waals surface area contributed by atoms with E-state index in [9.17, 15) is 4.79 Å². The van der Waals surface area contributed by atoms with Gasteiger partial charge in [0.15, 0.2) is 5.65 Å². The molecule has 3 heterocycles. The third-order valence-corrected chi connectivity index (χ3v) is 4.14. The van der Waals surface area contributed by atoms with E-state index in [2.05, 4.69) is 20.5 Å². The molecule has 0 saturated heterocycles. The molecule has 0 bridgehead atoms. The molecule has 0 spiro atoms. The van der Waals surface area contributed by atoms with Crippen molar-refractivity contribution in [2.75, 3.05) is 5.32 Å². The van der Waals surface area contributed by atoms with Crippen molar-refractivity contribution >= 4 is 17.2 Å². The Labute approximate surface area is 150 Å². The molecule has 1 aromatic carbocycles. The summed E-state index contributed by atoms with van der Waals surface area (Å²) in [6.07, 6.45) is 4.92. The van der Waals surface area contributed by atoms with Gasteiger partial charge in [0.1, 0.15) is 5.56 Å². The molecule has 0 aliphatic carbocycles. The number of nitrogens with zero attached hydrogens (tertiary/aromatic N) is 5. The molecule has 130 valence electrons. The fraction of sp³-hybridized carbons (Fsp3) is 0.158. The third kappa shape index (κ3) is 3.06. The number of aromatic nitrogens is 5. The first kappa shape index (κ1) is 16.0. The second-order valence-electron chi connectivity index (χ2n) is 6.19. The van der Waals surface area contributed by atoms with Gasteiger partial charge in [-0.15, -0.1) is 0 Å². The van der Waals surface area contributed by atoms with Gasteiger partial charge >= 0.3 is 0 Å². The number of rotatable bonds is 4. The molecule has 0 saturated carbocycles. The normalized spacial score (nSPS) is 11.0. The molecule has 4 aromatic rings. The minimum Gasteiger partial charge on any atom is -0.322 e. The molecular formula is C19H18N6O. The number of carbonyl (C=O) groups is 1. The van der Waals surface area contributed by atoms with Crippen molar-refractivity contribution in [3.05, 3.63) is 77.5 Å². The zero-order chi connectivity index (χ0) is 18.1. The Bertz CT molecular complexity index is 1090. The molecule has 0 fully saturated rings. The van der Waals surface area contributed by atoms with Crippen LogP contribution in [0, 0.1) is 13.8 Å². The van der Waals surface area contributed by atoms with Crippen molar-refractivity contribution in [3.8, 4) is 0 Å². The highest BCUT2D eigenvalue weighted by Crippen LogP contribution is 2.16. The van der Waals surface area contributed by atoms with Crippen LogP contribution in [0.25, 0.3) is 5.65 Å². The zero-order valence-corrected chi connectivity index (χ0v) is 14.5. The van der Waals surface area contributed by atoms with E-state index in [0.29, 0.717) is 17.8 Å². The SMILES string of the molecule is Cc1cc(C)n(Cc2cccc(NC(=O)c3cnn4cccnc34)c2)n1. The van der Waals surface area contributed by atoms with Gasteiger partial charge in [0.2, 0.25) is 0 Å². The van der Waals surface area contributed by atoms with Crippen LogP contribution in [-0.2, 0) is 6.54 Å². The van der Waals surface area contributed by atoms with Crippen molar-refractivity contribution in [1.82, 2.24) is 24.4 Å². The second kappa shape index (κ2) is 6.44. The third-order valence-electron chi connectivity index (χ3n) is 4.14. The zero-order valence-electron chi connectivity index (χ0n) is 14.5. The smallest absolute Gasteiger partial charge is 0.261 e. The first-order valence-corrected chi connectivity index (χ1v) is 8.30. The highest BCUT2D eigenvalue weighted by Gasteiger charge is 2.14. The molecule has 1 amide bonds. The number of carbonyl (C=O) groups excluding carboxylic acids is 1. The van der Waals surface area contributed by atoms with Gasteiger partial charge in [0, 0.05) is 23.8 Å². The predicted molar refractivity (Wildman–Crippen MR) is 98.2 cm³/mol. The van der Waals surface area contributed by atoms with Gasteiger partial charge in [0.25, 0.3) is 5.91 Å². The van der Waals surface area contributed by atoms with Gasteiger partial charge in [-0.05, 0) is 43.7 Å². The molecule has 3 aromatic heterocycles. The molecule has 0 unspecified atom stereocenters. The van der Waals surface area contributed by atoms with E-state index in [0.717, 1.165) is 22.6 Å². The summed E-state index contributed by atoms with van der Waals surface area (Å²) < 4.78 is 3.53. The topological polar surface area (TPSA) is 77.1 Å². The maximum Gasteiger partial charge on any atom is 0.261 e. The number of anilines is 1. The van der Waals surface area contributed by atoms with E-state index in [1.54, 1.807) is 23.0 Å². The summed E-state index contributed by atoms with van der Waals surface area (Å²) in [5, 5.41) is 11.5. The van der Waals surface area contributed by atoms with E-state index in [4.69, 9.17) is 0 Å². The number of hydrogen-bond acceptors (Lipinski definition) is 4. The lowest BCUT2D eigenvalue weighted by atomic mass is 10.2. The molecule has 7 nitrogen and oxygen atoms in total. The van der Waals surface area contributed by atoms with E-state index in [-0.39, 0.29) is 5.91 Å². The van der Waals surface area contributed by atoms with Gasteiger partial charge in [-0.1, -0.05) is 12.1 Å². The minimum atomic E-state index is -0.234. The first-order chi connectivity index (χ1) is 12.6. The molecule has 1 N–H and O–H groups in total. The van der Waals surface area contributed by atoms with Crippen LogP contribution < -0.4 is 5.32 Å². The lowest BCUT2D eigenvalue weighted by molar-refractivity contribution is 0.102. The standard InChI is InChI=1S/C19H18N6O/c1-13-9-14(2)25(23-13)12-15-5-3-6-16(10-15)22-19(26)17-11-21-24-8-4-7-20-18(17)24/h3-11H,12H2,1-2H3,(H,22,26). The number of hydrogen-bond donors (Lipinski definition) is 1. The monoisotopic (exact) mass is 346 g/mol. The number of aryl methyl sites for hydroxylation is 2. The lowest BCUT2D eigenvalue weighted by Crippen LogP contribution is -2.12. The van der Waals surface area contributed by atoms with Crippen LogP contribution in [0.5, 0.6) is 0 Å². The van der Waals surface area contributed by atoms with Crippen molar-refractivity contribution in [2.45, 2.75) is 20.4 Å². The largest absolute Gasteiger partial charge is 0.322 e. The lowest BCUT2D eigenvalue weighted by Gasteiger charge is -2.08. The van der Waals surface area contributed by atoms with E-state index in [1.165, 1.54) is 6.20 Å². The number of fused-ring (bicyclic) bond motifs is 1. The first-order valence-electron chi connectivity index (χ1n) is 8.30. The van der Waals surface area contributed by atoms with Crippen LogP contribution in [0.4, 0.5) is 5.69 Å². The quantitative estimate of drug-likeness (QED) is 0.616. The van der Waals surface area contributed by atoms with Gasteiger partial charge in [-0.2, -0.15) is 10.2 Å². The Balaban J connectivity index is 1.55. The molecule has 0 aliphatic rings. The molecule has 7 heteroatoms. The van der Waals surface area contributed by atoms with Crippen LogP contribution in [0.3, 0.4) is 0 Å². The summed E-state index contributed by atoms with van der Waals surface area (Å²) in [7, 11) is 0. The summed E-state index contributed by atoms with van der Waals surface area (Å²) in [5.74, 6) is -0.234. The molecule has 0 atom stereocenters. The van der Waals surface area contributed by atoms with Crippen molar-refractivity contribution in [1.29, 1.82) is 0 Å². The van der Waals surface area contributed by atoms with Crippen LogP contribution in [0.2, 0.25) is 0 Å². The Morgan fingerprint density at radius 3 is 2.88 bits per heavy atom. The summed E-state index contributed by atoms with van der Waals surface area (Å²) in [5.41, 5.74) is 4.86. The van der Waals surface area contributed by atoms with Gasteiger partial charge in [-0.25, -0.2) is 9.50 Å². The summed E-state index contributed by atoms with van der Waals surface area (Å²) in [6.45, 7) is 4.66. The predicted octanol–water partition coefficient (Wildman–Crippen LogP) is 2.84. The number of benzene rings is 1. The highest BCUT2D eigenvalue weighted by molar-refractivity contribution is 6.08. The molecule has 26 heavy (non-hydrogen) atoms. The fourth-order valence-electron chi connectivity index (χ4n) is 2.94. The summed E-state index contributed by atoms with van der Waals surface area (Å²) in [4.78, 5) is 16.8. The Morgan fingerprint density at radius 2 is 2.08 bits per heavy atom. The van der Waals surface area contributed by atoms with E-state index in [1.807, 2.05) is 48.9 Å². The second-order valence-corrected chi connectivity index (χ2v) is 6.19. The minimum absolute atomic E-state index is 0.234. The average molecular weight is 346 g/mol. The van der Waals surface area contributed by atoms with Crippen molar-refractivity contribution in [2.24, 2.45) is 0 Å². The molecular weight excluding hydrogens is 328 g/mol. The molecule has 0 radical (unpaired) electrons. The maximum atomic E-state index is 12.6.